The first-order valence-corrected chi connectivity index (χ1v) is 7.50. The standard InChI is InChI=1S/C14H17BrClFO/c1-2-14(7-3-4-8-14)13(18)9-5-6-10(15)11(16)12(9)17/h5-6,13,18H,2-4,7-8H2,1H3. The first-order valence-electron chi connectivity index (χ1n) is 6.33. The van der Waals surface area contributed by atoms with Gasteiger partial charge in [-0.3, -0.25) is 0 Å². The molecule has 1 aliphatic carbocycles. The van der Waals surface area contributed by atoms with Crippen molar-refractivity contribution < 1.29 is 9.50 Å². The van der Waals surface area contributed by atoms with Gasteiger partial charge in [0.25, 0.3) is 0 Å². The molecule has 1 nitrogen and oxygen atoms in total. The number of benzene rings is 1. The lowest BCUT2D eigenvalue weighted by atomic mass is 9.75. The summed E-state index contributed by atoms with van der Waals surface area (Å²) in [6.45, 7) is 2.06. The van der Waals surface area contributed by atoms with Gasteiger partial charge >= 0.3 is 0 Å². The fourth-order valence-corrected chi connectivity index (χ4v) is 3.46. The maximum Gasteiger partial charge on any atom is 0.148 e. The molecule has 0 radical (unpaired) electrons. The van der Waals surface area contributed by atoms with E-state index in [-0.39, 0.29) is 10.4 Å². The highest BCUT2D eigenvalue weighted by Gasteiger charge is 2.41. The lowest BCUT2D eigenvalue weighted by Gasteiger charge is -2.33. The van der Waals surface area contributed by atoms with Crippen LogP contribution in [0.3, 0.4) is 0 Å². The van der Waals surface area contributed by atoms with E-state index in [1.165, 1.54) is 0 Å². The Morgan fingerprint density at radius 2 is 2.06 bits per heavy atom. The Hall–Kier alpha value is -0.120. The Labute approximate surface area is 120 Å². The molecule has 18 heavy (non-hydrogen) atoms. The molecule has 1 N–H and O–H groups in total. The van der Waals surface area contributed by atoms with E-state index in [9.17, 15) is 9.50 Å². The average Bonchev–Trinajstić information content (AvgIpc) is 2.85. The van der Waals surface area contributed by atoms with E-state index in [4.69, 9.17) is 11.6 Å². The highest BCUT2D eigenvalue weighted by molar-refractivity contribution is 9.10. The molecule has 0 aromatic heterocycles. The molecule has 0 spiro atoms. The molecule has 0 amide bonds. The summed E-state index contributed by atoms with van der Waals surface area (Å²) in [5.41, 5.74) is 0.143. The van der Waals surface area contributed by atoms with Gasteiger partial charge in [0.05, 0.1) is 11.1 Å². The minimum Gasteiger partial charge on any atom is -0.388 e. The van der Waals surface area contributed by atoms with Crippen molar-refractivity contribution in [3.63, 3.8) is 0 Å². The second-order valence-electron chi connectivity index (χ2n) is 5.09. The highest BCUT2D eigenvalue weighted by Crippen LogP contribution is 2.51. The third-order valence-electron chi connectivity index (χ3n) is 4.24. The van der Waals surface area contributed by atoms with Crippen LogP contribution >= 0.6 is 27.5 Å². The number of rotatable bonds is 3. The van der Waals surface area contributed by atoms with Gasteiger partial charge in [-0.25, -0.2) is 4.39 Å². The van der Waals surface area contributed by atoms with Crippen molar-refractivity contribution in [3.8, 4) is 0 Å². The number of aliphatic hydroxyl groups excluding tert-OH is 1. The zero-order valence-electron chi connectivity index (χ0n) is 10.3. The largest absolute Gasteiger partial charge is 0.388 e. The summed E-state index contributed by atoms with van der Waals surface area (Å²) < 4.78 is 14.7. The molecule has 1 aromatic carbocycles. The second kappa shape index (κ2) is 5.48. The van der Waals surface area contributed by atoms with Gasteiger partial charge in [0, 0.05) is 15.5 Å². The lowest BCUT2D eigenvalue weighted by Crippen LogP contribution is -2.25. The molecule has 1 aliphatic rings. The number of halogens is 3. The van der Waals surface area contributed by atoms with Crippen LogP contribution in [0.1, 0.15) is 50.7 Å². The van der Waals surface area contributed by atoms with Crippen LogP contribution in [0, 0.1) is 11.2 Å². The van der Waals surface area contributed by atoms with Crippen LogP contribution in [0.15, 0.2) is 16.6 Å². The number of aliphatic hydroxyl groups is 1. The summed E-state index contributed by atoms with van der Waals surface area (Å²) in [6.07, 6.45) is 4.22. The minimum absolute atomic E-state index is 0.0517. The van der Waals surface area contributed by atoms with Crippen LogP contribution in [0.25, 0.3) is 0 Å². The monoisotopic (exact) mass is 334 g/mol. The van der Waals surface area contributed by atoms with Gasteiger partial charge in [-0.1, -0.05) is 37.4 Å². The van der Waals surface area contributed by atoms with E-state index in [0.717, 1.165) is 32.1 Å². The Balaban J connectivity index is 2.39. The number of hydrogen-bond donors (Lipinski definition) is 1. The third kappa shape index (κ3) is 2.33. The molecule has 1 fully saturated rings. The van der Waals surface area contributed by atoms with Gasteiger partial charge in [-0.05, 0) is 41.3 Å². The van der Waals surface area contributed by atoms with Crippen molar-refractivity contribution in [1.82, 2.24) is 0 Å². The third-order valence-corrected chi connectivity index (χ3v) is 5.50. The Morgan fingerprint density at radius 3 is 2.61 bits per heavy atom. The molecule has 0 bridgehead atoms. The quantitative estimate of drug-likeness (QED) is 0.748. The zero-order valence-corrected chi connectivity index (χ0v) is 12.7. The summed E-state index contributed by atoms with van der Waals surface area (Å²) in [6, 6.07) is 3.33. The second-order valence-corrected chi connectivity index (χ2v) is 6.32. The maximum atomic E-state index is 14.2. The van der Waals surface area contributed by atoms with Crippen LogP contribution in [0.4, 0.5) is 4.39 Å². The molecular formula is C14H17BrClFO. The summed E-state index contributed by atoms with van der Waals surface area (Å²) in [7, 11) is 0. The molecule has 4 heteroatoms. The van der Waals surface area contributed by atoms with Gasteiger partial charge < -0.3 is 5.11 Å². The normalized spacial score (nSPS) is 20.1. The molecule has 0 heterocycles. The Bertz CT molecular complexity index is 444. The topological polar surface area (TPSA) is 20.2 Å². The summed E-state index contributed by atoms with van der Waals surface area (Å²) >= 11 is 9.08. The van der Waals surface area contributed by atoms with Gasteiger partial charge in [-0.2, -0.15) is 0 Å². The predicted octanol–water partition coefficient (Wildman–Crippen LogP) is 5.25. The predicted molar refractivity (Wildman–Crippen MR) is 75.3 cm³/mol. The summed E-state index contributed by atoms with van der Waals surface area (Å²) in [4.78, 5) is 0. The van der Waals surface area contributed by atoms with Crippen molar-refractivity contribution in [2.75, 3.05) is 0 Å². The van der Waals surface area contributed by atoms with Crippen molar-refractivity contribution >= 4 is 27.5 Å². The van der Waals surface area contributed by atoms with Crippen molar-refractivity contribution in [1.29, 1.82) is 0 Å². The molecule has 1 unspecified atom stereocenters. The van der Waals surface area contributed by atoms with Gasteiger partial charge in [0.2, 0.25) is 0 Å². The summed E-state index contributed by atoms with van der Waals surface area (Å²) in [5.74, 6) is -0.502. The first kappa shape index (κ1) is 14.3. The molecule has 1 atom stereocenters. The molecule has 100 valence electrons. The average molecular weight is 336 g/mol. The smallest absolute Gasteiger partial charge is 0.148 e. The first-order chi connectivity index (χ1) is 8.52. The molecule has 1 saturated carbocycles. The fraction of sp³-hybridized carbons (Fsp3) is 0.571. The van der Waals surface area contributed by atoms with E-state index >= 15 is 0 Å². The molecule has 0 aliphatic heterocycles. The molecule has 0 saturated heterocycles. The van der Waals surface area contributed by atoms with E-state index in [2.05, 4.69) is 22.9 Å². The molecule has 2 rings (SSSR count). The van der Waals surface area contributed by atoms with Crippen molar-refractivity contribution in [2.45, 2.75) is 45.1 Å². The highest BCUT2D eigenvalue weighted by atomic mass is 79.9. The Kier molecular flexibility index (Phi) is 4.35. The van der Waals surface area contributed by atoms with Crippen molar-refractivity contribution in [3.05, 3.63) is 33.0 Å². The van der Waals surface area contributed by atoms with Gasteiger partial charge in [-0.15, -0.1) is 0 Å². The molecular weight excluding hydrogens is 319 g/mol. The van der Waals surface area contributed by atoms with E-state index < -0.39 is 11.9 Å². The fourth-order valence-electron chi connectivity index (χ4n) is 2.98. The van der Waals surface area contributed by atoms with Crippen LogP contribution < -0.4 is 0 Å². The van der Waals surface area contributed by atoms with Gasteiger partial charge in [0.15, 0.2) is 0 Å². The van der Waals surface area contributed by atoms with Crippen LogP contribution in [0.2, 0.25) is 5.02 Å². The summed E-state index contributed by atoms with van der Waals surface area (Å²) in [5, 5.41) is 10.6. The van der Waals surface area contributed by atoms with E-state index in [1.807, 2.05) is 0 Å². The Morgan fingerprint density at radius 1 is 1.44 bits per heavy atom. The SMILES string of the molecule is CCC1(C(O)c2ccc(Br)c(Cl)c2F)CCCC1. The lowest BCUT2D eigenvalue weighted by molar-refractivity contribution is 0.0211. The molecule has 1 aromatic rings. The zero-order chi connectivity index (χ0) is 13.3. The van der Waals surface area contributed by atoms with Crippen LogP contribution in [-0.2, 0) is 0 Å². The number of hydrogen-bond acceptors (Lipinski definition) is 1. The van der Waals surface area contributed by atoms with E-state index in [0.29, 0.717) is 10.0 Å². The minimum atomic E-state index is -0.768. The van der Waals surface area contributed by atoms with Crippen molar-refractivity contribution in [2.24, 2.45) is 5.41 Å². The van der Waals surface area contributed by atoms with Crippen LogP contribution in [0.5, 0.6) is 0 Å². The van der Waals surface area contributed by atoms with Gasteiger partial charge in [0.1, 0.15) is 5.82 Å². The maximum absolute atomic E-state index is 14.2. The van der Waals surface area contributed by atoms with E-state index in [1.54, 1.807) is 12.1 Å². The van der Waals surface area contributed by atoms with Crippen LogP contribution in [-0.4, -0.2) is 5.11 Å².